The molecule has 0 spiro atoms. The summed E-state index contributed by atoms with van der Waals surface area (Å²) in [6.07, 6.45) is 7.84. The Morgan fingerprint density at radius 1 is 1.09 bits per heavy atom. The van der Waals surface area contributed by atoms with Crippen molar-refractivity contribution in [1.82, 2.24) is 15.4 Å². The van der Waals surface area contributed by atoms with Crippen LogP contribution in [0.5, 0.6) is 5.75 Å². The molecule has 174 valence electrons. The summed E-state index contributed by atoms with van der Waals surface area (Å²) in [7, 11) is 1.64. The van der Waals surface area contributed by atoms with E-state index < -0.39 is 0 Å². The summed E-state index contributed by atoms with van der Waals surface area (Å²) in [5.41, 5.74) is 3.13. The smallest absolute Gasteiger partial charge is 0.274 e. The molecule has 1 aliphatic rings. The van der Waals surface area contributed by atoms with Gasteiger partial charge in [-0.3, -0.25) is 9.59 Å². The van der Waals surface area contributed by atoms with Crippen LogP contribution in [0.25, 0.3) is 11.3 Å². The molecule has 1 aromatic heterocycles. The monoisotopic (exact) mass is 441 g/mol. The first kappa shape index (κ1) is 23.8. The van der Waals surface area contributed by atoms with Crippen LogP contribution < -0.4 is 10.1 Å². The van der Waals surface area contributed by atoms with Crippen LogP contribution in [0.3, 0.4) is 0 Å². The molecule has 1 aliphatic carbocycles. The molecule has 3 rings (SSSR count). The number of aryl methyl sites for hydroxylation is 1. The maximum atomic E-state index is 12.8. The number of fused-ring (bicyclic) bond motifs is 3. The summed E-state index contributed by atoms with van der Waals surface area (Å²) < 4.78 is 10.8. The number of methoxy groups -OCH3 is 1. The van der Waals surface area contributed by atoms with Crippen LogP contribution >= 0.6 is 0 Å². The van der Waals surface area contributed by atoms with E-state index in [1.54, 1.807) is 7.11 Å². The molecule has 0 atom stereocenters. The fourth-order valence-corrected chi connectivity index (χ4v) is 4.13. The average Bonchev–Trinajstić information content (AvgIpc) is 3.25. The van der Waals surface area contributed by atoms with E-state index >= 15 is 0 Å². The summed E-state index contributed by atoms with van der Waals surface area (Å²) in [6.45, 7) is 5.76. The zero-order valence-corrected chi connectivity index (χ0v) is 19.5. The summed E-state index contributed by atoms with van der Waals surface area (Å²) in [6, 6.07) is 5.80. The van der Waals surface area contributed by atoms with Gasteiger partial charge in [0.05, 0.1) is 13.7 Å². The number of ether oxygens (including phenoxy) is 1. The van der Waals surface area contributed by atoms with E-state index in [1.807, 2.05) is 23.1 Å². The molecule has 0 bridgehead atoms. The molecule has 32 heavy (non-hydrogen) atoms. The van der Waals surface area contributed by atoms with E-state index in [0.29, 0.717) is 12.2 Å². The fourth-order valence-electron chi connectivity index (χ4n) is 4.13. The first-order valence-electron chi connectivity index (χ1n) is 11.8. The Balaban J connectivity index is 1.63. The van der Waals surface area contributed by atoms with Gasteiger partial charge in [0.25, 0.3) is 5.91 Å². The third-order valence-electron chi connectivity index (χ3n) is 6.02. The number of nitrogens with zero attached hydrogens (tertiary/aromatic N) is 2. The molecule has 0 saturated carbocycles. The number of carbonyl (C=O) groups excluding carboxylic acids is 2. The Labute approximate surface area is 190 Å². The molecule has 1 aromatic carbocycles. The highest BCUT2D eigenvalue weighted by Gasteiger charge is 2.28. The maximum absolute atomic E-state index is 12.8. The van der Waals surface area contributed by atoms with Gasteiger partial charge in [-0.25, -0.2) is 0 Å². The van der Waals surface area contributed by atoms with Crippen LogP contribution in [0.15, 0.2) is 22.7 Å². The third-order valence-corrected chi connectivity index (χ3v) is 6.02. The lowest BCUT2D eigenvalue weighted by Gasteiger charge is -2.23. The van der Waals surface area contributed by atoms with Crippen LogP contribution in [-0.2, 0) is 17.6 Å². The Morgan fingerprint density at radius 3 is 2.47 bits per heavy atom. The number of amides is 2. The van der Waals surface area contributed by atoms with Gasteiger partial charge in [0, 0.05) is 24.2 Å². The number of hydrogen-bond donors (Lipinski definition) is 1. The SMILES string of the molecule is CCCCCN(CCCCC)C(=O)CNC(=O)c1noc2c1CCc1cc(OC)ccc1-2. The first-order valence-corrected chi connectivity index (χ1v) is 11.8. The Bertz CT molecular complexity index is 912. The minimum atomic E-state index is -0.359. The molecule has 2 amide bonds. The molecular formula is C25H35N3O4. The van der Waals surface area contributed by atoms with Crippen LogP contribution in [0, 0.1) is 0 Å². The number of benzene rings is 1. The number of carbonyl (C=O) groups is 2. The van der Waals surface area contributed by atoms with Gasteiger partial charge in [0.2, 0.25) is 5.91 Å². The van der Waals surface area contributed by atoms with Gasteiger partial charge in [-0.05, 0) is 49.4 Å². The highest BCUT2D eigenvalue weighted by atomic mass is 16.5. The summed E-state index contributed by atoms with van der Waals surface area (Å²) >= 11 is 0. The van der Waals surface area contributed by atoms with E-state index in [-0.39, 0.29) is 24.1 Å². The van der Waals surface area contributed by atoms with Crippen molar-refractivity contribution in [3.05, 3.63) is 35.0 Å². The van der Waals surface area contributed by atoms with Crippen molar-refractivity contribution in [2.75, 3.05) is 26.7 Å². The number of nitrogens with one attached hydrogen (secondary N) is 1. The van der Waals surface area contributed by atoms with Crippen molar-refractivity contribution >= 4 is 11.8 Å². The van der Waals surface area contributed by atoms with E-state index in [1.165, 1.54) is 0 Å². The van der Waals surface area contributed by atoms with Gasteiger partial charge in [-0.1, -0.05) is 44.7 Å². The third kappa shape index (κ3) is 5.69. The van der Waals surface area contributed by atoms with E-state index in [9.17, 15) is 9.59 Å². The second kappa shape index (κ2) is 11.7. The van der Waals surface area contributed by atoms with Crippen molar-refractivity contribution in [2.45, 2.75) is 65.2 Å². The van der Waals surface area contributed by atoms with Gasteiger partial charge in [-0.15, -0.1) is 0 Å². The van der Waals surface area contributed by atoms with Gasteiger partial charge < -0.3 is 19.5 Å². The van der Waals surface area contributed by atoms with Gasteiger partial charge in [0.15, 0.2) is 11.5 Å². The number of unbranched alkanes of at least 4 members (excludes halogenated alkanes) is 4. The van der Waals surface area contributed by atoms with Crippen LogP contribution in [-0.4, -0.2) is 48.6 Å². The zero-order chi connectivity index (χ0) is 22.9. The van der Waals surface area contributed by atoms with Gasteiger partial charge in [-0.2, -0.15) is 0 Å². The summed E-state index contributed by atoms with van der Waals surface area (Å²) in [5.74, 6) is 1.03. The average molecular weight is 442 g/mol. The minimum Gasteiger partial charge on any atom is -0.497 e. The topological polar surface area (TPSA) is 84.7 Å². The van der Waals surface area contributed by atoms with Crippen molar-refractivity contribution in [1.29, 1.82) is 0 Å². The molecular weight excluding hydrogens is 406 g/mol. The van der Waals surface area contributed by atoms with Crippen LogP contribution in [0.2, 0.25) is 0 Å². The molecule has 0 saturated heterocycles. The van der Waals surface area contributed by atoms with E-state index in [0.717, 1.165) is 80.5 Å². The molecule has 7 nitrogen and oxygen atoms in total. The molecule has 7 heteroatoms. The number of hydrogen-bond acceptors (Lipinski definition) is 5. The van der Waals surface area contributed by atoms with Gasteiger partial charge >= 0.3 is 0 Å². The molecule has 0 fully saturated rings. The van der Waals surface area contributed by atoms with E-state index in [4.69, 9.17) is 9.26 Å². The van der Waals surface area contributed by atoms with Crippen molar-refractivity contribution in [2.24, 2.45) is 0 Å². The quantitative estimate of drug-likeness (QED) is 0.494. The normalized spacial score (nSPS) is 12.1. The van der Waals surface area contributed by atoms with Crippen molar-refractivity contribution < 1.29 is 18.8 Å². The van der Waals surface area contributed by atoms with E-state index in [2.05, 4.69) is 24.3 Å². The highest BCUT2D eigenvalue weighted by Crippen LogP contribution is 2.36. The molecule has 1 heterocycles. The zero-order valence-electron chi connectivity index (χ0n) is 19.5. The number of rotatable bonds is 12. The number of aromatic nitrogens is 1. The lowest BCUT2D eigenvalue weighted by atomic mass is 9.89. The van der Waals surface area contributed by atoms with Crippen LogP contribution in [0.4, 0.5) is 0 Å². The lowest BCUT2D eigenvalue weighted by Crippen LogP contribution is -2.41. The first-order chi connectivity index (χ1) is 15.6. The van der Waals surface area contributed by atoms with Crippen molar-refractivity contribution in [3.8, 4) is 17.1 Å². The van der Waals surface area contributed by atoms with Crippen molar-refractivity contribution in [3.63, 3.8) is 0 Å². The Hall–Kier alpha value is -2.83. The molecule has 0 aliphatic heterocycles. The predicted molar refractivity (Wildman–Crippen MR) is 124 cm³/mol. The van der Waals surface area contributed by atoms with Crippen LogP contribution in [0.1, 0.15) is 74.0 Å². The lowest BCUT2D eigenvalue weighted by molar-refractivity contribution is -0.130. The second-order valence-corrected chi connectivity index (χ2v) is 8.34. The maximum Gasteiger partial charge on any atom is 0.274 e. The molecule has 1 N–H and O–H groups in total. The Morgan fingerprint density at radius 2 is 1.81 bits per heavy atom. The Kier molecular flexibility index (Phi) is 8.71. The largest absolute Gasteiger partial charge is 0.497 e. The second-order valence-electron chi connectivity index (χ2n) is 8.34. The molecule has 2 aromatic rings. The predicted octanol–water partition coefficient (Wildman–Crippen LogP) is 4.39. The van der Waals surface area contributed by atoms with Gasteiger partial charge in [0.1, 0.15) is 5.75 Å². The minimum absolute atomic E-state index is 0.0213. The fraction of sp³-hybridized carbons (Fsp3) is 0.560. The summed E-state index contributed by atoms with van der Waals surface area (Å²) in [5, 5.41) is 6.81. The molecule has 0 radical (unpaired) electrons. The molecule has 0 unspecified atom stereocenters. The highest BCUT2D eigenvalue weighted by molar-refractivity contribution is 5.97. The summed E-state index contributed by atoms with van der Waals surface area (Å²) in [4.78, 5) is 27.5. The standard InChI is InChI=1S/C25H35N3O4/c1-4-6-8-14-28(15-9-7-5-2)22(29)17-26-25(30)23-21-12-10-18-16-19(31-3)11-13-20(18)24(21)32-27-23/h11,13,16H,4-10,12,14-15,17H2,1-3H3,(H,26,30).